The number of rotatable bonds is 7. The molecule has 0 aliphatic carbocycles. The second-order valence-electron chi connectivity index (χ2n) is 9.37. The molecule has 2 aromatic carbocycles. The molecule has 0 spiro atoms. The molecule has 8 heteroatoms. The van der Waals surface area contributed by atoms with Gasteiger partial charge in [-0.15, -0.1) is 0 Å². The highest BCUT2D eigenvalue weighted by atomic mass is 16.5. The van der Waals surface area contributed by atoms with Crippen LogP contribution in [0, 0.1) is 0 Å². The molecule has 0 radical (unpaired) electrons. The molecule has 0 unspecified atom stereocenters. The van der Waals surface area contributed by atoms with Gasteiger partial charge in [-0.05, 0) is 59.0 Å². The van der Waals surface area contributed by atoms with Crippen LogP contribution in [0.2, 0.25) is 0 Å². The fourth-order valence-electron chi connectivity index (χ4n) is 4.52. The Morgan fingerprint density at radius 2 is 1.86 bits per heavy atom. The Morgan fingerprint density at radius 1 is 1.06 bits per heavy atom. The first-order valence-electron chi connectivity index (χ1n) is 12.4. The van der Waals surface area contributed by atoms with E-state index in [1.165, 1.54) is 11.1 Å². The molecule has 0 bridgehead atoms. The number of hydrogen-bond donors (Lipinski definition) is 2. The highest BCUT2D eigenvalue weighted by Crippen LogP contribution is 2.28. The summed E-state index contributed by atoms with van der Waals surface area (Å²) < 4.78 is 5.50. The molecule has 186 valence electrons. The number of fused-ring (bicyclic) bond motifs is 1. The van der Waals surface area contributed by atoms with Crippen molar-refractivity contribution in [2.75, 3.05) is 50.6 Å². The Bertz CT molecular complexity index is 1360. The maximum atomic E-state index is 13.1. The number of anilines is 2. The molecule has 0 saturated carbocycles. The number of nitrogens with zero attached hydrogens (tertiary/aromatic N) is 4. The third-order valence-electron chi connectivity index (χ3n) is 6.55. The van der Waals surface area contributed by atoms with Gasteiger partial charge in [-0.1, -0.05) is 25.1 Å². The van der Waals surface area contributed by atoms with E-state index in [9.17, 15) is 4.79 Å². The van der Waals surface area contributed by atoms with Gasteiger partial charge in [-0.3, -0.25) is 14.8 Å². The van der Waals surface area contributed by atoms with Crippen molar-refractivity contribution in [2.24, 2.45) is 0 Å². The molecule has 1 amide bonds. The number of hydrogen-bond acceptors (Lipinski definition) is 6. The summed E-state index contributed by atoms with van der Waals surface area (Å²) in [5.74, 6) is 0.554. The summed E-state index contributed by atoms with van der Waals surface area (Å²) in [5, 5.41) is 11.0. The number of H-pyrrole nitrogens is 1. The van der Waals surface area contributed by atoms with Crippen LogP contribution in [0.1, 0.15) is 28.5 Å². The Morgan fingerprint density at radius 3 is 2.58 bits per heavy atom. The third kappa shape index (κ3) is 5.24. The van der Waals surface area contributed by atoms with E-state index >= 15 is 0 Å². The summed E-state index contributed by atoms with van der Waals surface area (Å²) in [4.78, 5) is 21.8. The van der Waals surface area contributed by atoms with Crippen molar-refractivity contribution in [3.8, 4) is 11.1 Å². The van der Waals surface area contributed by atoms with Crippen LogP contribution in [0.15, 0.2) is 54.7 Å². The molecule has 8 nitrogen and oxygen atoms in total. The zero-order chi connectivity index (χ0) is 25.1. The zero-order valence-corrected chi connectivity index (χ0v) is 21.0. The van der Waals surface area contributed by atoms with Gasteiger partial charge < -0.3 is 15.0 Å². The number of carbonyl (C=O) groups is 1. The fraction of sp³-hybridized carbons (Fsp3) is 0.321. The molecule has 36 heavy (non-hydrogen) atoms. The number of ether oxygens (including phenoxy) is 1. The van der Waals surface area contributed by atoms with E-state index in [4.69, 9.17) is 4.74 Å². The average Bonchev–Trinajstić information content (AvgIpc) is 3.33. The monoisotopic (exact) mass is 484 g/mol. The number of carbonyl (C=O) groups excluding carboxylic acids is 1. The lowest BCUT2D eigenvalue weighted by atomic mass is 9.97. The molecule has 5 rings (SSSR count). The van der Waals surface area contributed by atoms with E-state index in [0.717, 1.165) is 67.1 Å². The minimum absolute atomic E-state index is 0.270. The van der Waals surface area contributed by atoms with Gasteiger partial charge in [0.25, 0.3) is 5.91 Å². The van der Waals surface area contributed by atoms with E-state index in [0.29, 0.717) is 11.4 Å². The number of amides is 1. The van der Waals surface area contributed by atoms with E-state index in [1.807, 2.05) is 37.2 Å². The third-order valence-corrected chi connectivity index (χ3v) is 6.55. The quantitative estimate of drug-likeness (QED) is 0.406. The number of pyridine rings is 1. The molecule has 1 fully saturated rings. The van der Waals surface area contributed by atoms with Crippen LogP contribution < -0.4 is 10.2 Å². The number of aryl methyl sites for hydroxylation is 1. The Balaban J connectivity index is 1.42. The van der Waals surface area contributed by atoms with E-state index in [1.54, 1.807) is 6.20 Å². The molecular weight excluding hydrogens is 452 g/mol. The SMILES string of the molecule is CCc1cc(CN2CCOCC2)cc(-c2ccc3[nH]nc(C(=O)Nc4ccc(N(C)C)nc4)c3c2)c1. The molecular formula is C28H32N6O2. The number of aromatic nitrogens is 3. The molecule has 1 aliphatic heterocycles. The van der Waals surface area contributed by atoms with Gasteiger partial charge in [-0.2, -0.15) is 5.10 Å². The maximum absolute atomic E-state index is 13.1. The van der Waals surface area contributed by atoms with Crippen molar-refractivity contribution in [2.45, 2.75) is 19.9 Å². The molecule has 3 heterocycles. The zero-order valence-electron chi connectivity index (χ0n) is 21.0. The van der Waals surface area contributed by atoms with Crippen LogP contribution in [0.4, 0.5) is 11.5 Å². The van der Waals surface area contributed by atoms with Gasteiger partial charge >= 0.3 is 0 Å². The second kappa shape index (κ2) is 10.5. The van der Waals surface area contributed by atoms with Gasteiger partial charge in [0.05, 0.1) is 30.6 Å². The van der Waals surface area contributed by atoms with E-state index in [2.05, 4.69) is 62.7 Å². The first-order valence-corrected chi connectivity index (χ1v) is 12.4. The molecule has 1 saturated heterocycles. The standard InChI is InChI=1S/C28H32N6O2/c1-4-19-13-20(18-34-9-11-36-12-10-34)15-22(14-19)21-5-7-25-24(16-21)27(32-31-25)28(35)30-23-6-8-26(29-17-23)33(2)3/h5-8,13-17H,4,9-12,18H2,1-3H3,(H,30,35)(H,31,32). The Hall–Kier alpha value is -3.75. The Kier molecular flexibility index (Phi) is 6.97. The number of aromatic amines is 1. The molecule has 0 atom stereocenters. The minimum Gasteiger partial charge on any atom is -0.379 e. The van der Waals surface area contributed by atoms with Crippen molar-refractivity contribution < 1.29 is 9.53 Å². The van der Waals surface area contributed by atoms with Gasteiger partial charge in [0.1, 0.15) is 5.82 Å². The van der Waals surface area contributed by atoms with Crippen LogP contribution >= 0.6 is 0 Å². The van der Waals surface area contributed by atoms with Gasteiger partial charge in [-0.25, -0.2) is 4.98 Å². The lowest BCUT2D eigenvalue weighted by molar-refractivity contribution is 0.0342. The van der Waals surface area contributed by atoms with Crippen LogP contribution in [-0.4, -0.2) is 66.4 Å². The second-order valence-corrected chi connectivity index (χ2v) is 9.37. The largest absolute Gasteiger partial charge is 0.379 e. The predicted octanol–water partition coefficient (Wildman–Crippen LogP) is 4.34. The molecule has 2 N–H and O–H groups in total. The highest BCUT2D eigenvalue weighted by Gasteiger charge is 2.17. The summed E-state index contributed by atoms with van der Waals surface area (Å²) in [6, 6.07) is 16.6. The summed E-state index contributed by atoms with van der Waals surface area (Å²) in [5.41, 5.74) is 6.62. The first-order chi connectivity index (χ1) is 17.5. The Labute approximate surface area is 211 Å². The summed E-state index contributed by atoms with van der Waals surface area (Å²) in [6.07, 6.45) is 2.62. The van der Waals surface area contributed by atoms with E-state index < -0.39 is 0 Å². The average molecular weight is 485 g/mol. The van der Waals surface area contributed by atoms with Gasteiger partial charge in [0.15, 0.2) is 5.69 Å². The van der Waals surface area contributed by atoms with Crippen LogP contribution in [0.25, 0.3) is 22.0 Å². The van der Waals surface area contributed by atoms with Crippen molar-refractivity contribution in [1.82, 2.24) is 20.1 Å². The predicted molar refractivity (Wildman–Crippen MR) is 144 cm³/mol. The van der Waals surface area contributed by atoms with Crippen molar-refractivity contribution in [1.29, 1.82) is 0 Å². The lowest BCUT2D eigenvalue weighted by Crippen LogP contribution is -2.35. The smallest absolute Gasteiger partial charge is 0.276 e. The normalized spacial score (nSPS) is 14.2. The number of nitrogens with one attached hydrogen (secondary N) is 2. The van der Waals surface area contributed by atoms with Crippen LogP contribution in [0.5, 0.6) is 0 Å². The first kappa shape index (κ1) is 24.0. The maximum Gasteiger partial charge on any atom is 0.276 e. The molecule has 2 aromatic heterocycles. The van der Waals surface area contributed by atoms with Crippen molar-refractivity contribution in [3.63, 3.8) is 0 Å². The van der Waals surface area contributed by atoms with Crippen LogP contribution in [0.3, 0.4) is 0 Å². The number of morpholine rings is 1. The summed E-state index contributed by atoms with van der Waals surface area (Å²) in [6.45, 7) is 6.58. The number of benzene rings is 2. The topological polar surface area (TPSA) is 86.4 Å². The van der Waals surface area contributed by atoms with Gasteiger partial charge in [0.2, 0.25) is 0 Å². The summed E-state index contributed by atoms with van der Waals surface area (Å²) >= 11 is 0. The minimum atomic E-state index is -0.270. The van der Waals surface area contributed by atoms with Crippen molar-refractivity contribution in [3.05, 3.63) is 71.5 Å². The fourth-order valence-corrected chi connectivity index (χ4v) is 4.52. The molecule has 1 aliphatic rings. The summed E-state index contributed by atoms with van der Waals surface area (Å²) in [7, 11) is 3.85. The van der Waals surface area contributed by atoms with Gasteiger partial charge in [0, 0.05) is 39.1 Å². The van der Waals surface area contributed by atoms with Crippen LogP contribution in [-0.2, 0) is 17.7 Å². The highest BCUT2D eigenvalue weighted by molar-refractivity contribution is 6.11. The van der Waals surface area contributed by atoms with Crippen molar-refractivity contribution >= 4 is 28.3 Å². The molecule has 4 aromatic rings. The van der Waals surface area contributed by atoms with E-state index in [-0.39, 0.29) is 5.91 Å². The lowest BCUT2D eigenvalue weighted by Gasteiger charge is -2.27.